The van der Waals surface area contributed by atoms with Gasteiger partial charge in [-0.3, -0.25) is 0 Å². The quantitative estimate of drug-likeness (QED) is 0.657. The van der Waals surface area contributed by atoms with Crippen molar-refractivity contribution in [2.75, 3.05) is 19.6 Å². The van der Waals surface area contributed by atoms with Crippen LogP contribution in [0.5, 0.6) is 0 Å². The van der Waals surface area contributed by atoms with Crippen molar-refractivity contribution >= 4 is 0 Å². The van der Waals surface area contributed by atoms with Crippen LogP contribution in [-0.2, 0) is 0 Å². The molecule has 1 aliphatic heterocycles. The van der Waals surface area contributed by atoms with E-state index in [0.29, 0.717) is 0 Å². The maximum Gasteiger partial charge on any atom is 0.00700 e. The Morgan fingerprint density at radius 2 is 1.73 bits per heavy atom. The third-order valence-electron chi connectivity index (χ3n) is 3.56. The highest BCUT2D eigenvalue weighted by molar-refractivity contribution is 4.79. The molecule has 2 N–H and O–H groups in total. The SMILES string of the molecule is CC1CC(C)N(CCCCCCCN)C1. The molecule has 1 aliphatic rings. The summed E-state index contributed by atoms with van der Waals surface area (Å²) in [5, 5.41) is 0. The summed E-state index contributed by atoms with van der Waals surface area (Å²) >= 11 is 0. The third-order valence-corrected chi connectivity index (χ3v) is 3.56. The Balaban J connectivity index is 1.96. The maximum absolute atomic E-state index is 5.47. The first-order valence-corrected chi connectivity index (χ1v) is 6.68. The molecular weight excluding hydrogens is 184 g/mol. The van der Waals surface area contributed by atoms with Gasteiger partial charge in [0.2, 0.25) is 0 Å². The zero-order chi connectivity index (χ0) is 11.1. The molecule has 0 aromatic heterocycles. The van der Waals surface area contributed by atoms with Crippen LogP contribution in [0.1, 0.15) is 52.4 Å². The number of hydrogen-bond donors (Lipinski definition) is 1. The first kappa shape index (κ1) is 13.0. The lowest BCUT2D eigenvalue weighted by Gasteiger charge is -2.20. The van der Waals surface area contributed by atoms with Gasteiger partial charge in [-0.05, 0) is 45.2 Å². The van der Waals surface area contributed by atoms with Crippen molar-refractivity contribution in [3.63, 3.8) is 0 Å². The lowest BCUT2D eigenvalue weighted by Crippen LogP contribution is -2.28. The second-order valence-corrected chi connectivity index (χ2v) is 5.24. The zero-order valence-electron chi connectivity index (χ0n) is 10.5. The molecule has 1 saturated heterocycles. The van der Waals surface area contributed by atoms with Crippen LogP contribution in [0.2, 0.25) is 0 Å². The van der Waals surface area contributed by atoms with Gasteiger partial charge in [0.25, 0.3) is 0 Å². The number of nitrogens with zero attached hydrogens (tertiary/aromatic N) is 1. The summed E-state index contributed by atoms with van der Waals surface area (Å²) in [5.74, 6) is 0.914. The van der Waals surface area contributed by atoms with Gasteiger partial charge in [0.15, 0.2) is 0 Å². The predicted molar refractivity (Wildman–Crippen MR) is 67.0 cm³/mol. The highest BCUT2D eigenvalue weighted by atomic mass is 15.2. The molecule has 90 valence electrons. The largest absolute Gasteiger partial charge is 0.330 e. The first-order chi connectivity index (χ1) is 7.24. The highest BCUT2D eigenvalue weighted by Crippen LogP contribution is 2.22. The van der Waals surface area contributed by atoms with E-state index in [9.17, 15) is 0 Å². The van der Waals surface area contributed by atoms with Crippen molar-refractivity contribution in [1.29, 1.82) is 0 Å². The van der Waals surface area contributed by atoms with E-state index in [2.05, 4.69) is 18.7 Å². The van der Waals surface area contributed by atoms with Gasteiger partial charge in [-0.1, -0.05) is 26.2 Å². The number of rotatable bonds is 7. The average molecular weight is 212 g/mol. The fourth-order valence-electron chi connectivity index (χ4n) is 2.69. The van der Waals surface area contributed by atoms with Crippen molar-refractivity contribution in [2.45, 2.75) is 58.4 Å². The van der Waals surface area contributed by atoms with Crippen LogP contribution < -0.4 is 5.73 Å². The standard InChI is InChI=1S/C13H28N2/c1-12-10-13(2)15(11-12)9-7-5-3-4-6-8-14/h12-13H,3-11,14H2,1-2H3. The van der Waals surface area contributed by atoms with Crippen LogP contribution >= 0.6 is 0 Å². The molecule has 0 amide bonds. The molecular formula is C13H28N2. The van der Waals surface area contributed by atoms with Crippen molar-refractivity contribution in [3.8, 4) is 0 Å². The molecule has 15 heavy (non-hydrogen) atoms. The maximum atomic E-state index is 5.47. The van der Waals surface area contributed by atoms with Crippen LogP contribution in [-0.4, -0.2) is 30.6 Å². The second kappa shape index (κ2) is 7.24. The molecule has 1 heterocycles. The van der Waals surface area contributed by atoms with Crippen molar-refractivity contribution in [3.05, 3.63) is 0 Å². The Labute approximate surface area is 95.2 Å². The monoisotopic (exact) mass is 212 g/mol. The molecule has 0 saturated carbocycles. The summed E-state index contributed by atoms with van der Waals surface area (Å²) in [6.07, 6.45) is 8.06. The minimum absolute atomic E-state index is 0.823. The van der Waals surface area contributed by atoms with Crippen LogP contribution in [0.25, 0.3) is 0 Å². The van der Waals surface area contributed by atoms with E-state index in [1.54, 1.807) is 0 Å². The Kier molecular flexibility index (Phi) is 6.26. The second-order valence-electron chi connectivity index (χ2n) is 5.24. The van der Waals surface area contributed by atoms with Gasteiger partial charge in [0, 0.05) is 12.6 Å². The molecule has 0 bridgehead atoms. The summed E-state index contributed by atoms with van der Waals surface area (Å²) in [6.45, 7) is 8.24. The van der Waals surface area contributed by atoms with E-state index in [-0.39, 0.29) is 0 Å². The number of likely N-dealkylation sites (tertiary alicyclic amines) is 1. The normalized spacial score (nSPS) is 27.4. The molecule has 2 nitrogen and oxygen atoms in total. The molecule has 2 unspecified atom stereocenters. The van der Waals surface area contributed by atoms with Gasteiger partial charge >= 0.3 is 0 Å². The fourth-order valence-corrected chi connectivity index (χ4v) is 2.69. The van der Waals surface area contributed by atoms with Crippen molar-refractivity contribution in [2.24, 2.45) is 11.7 Å². The van der Waals surface area contributed by atoms with Crippen molar-refractivity contribution in [1.82, 2.24) is 4.90 Å². The van der Waals surface area contributed by atoms with Gasteiger partial charge in [0.1, 0.15) is 0 Å². The molecule has 0 spiro atoms. The van der Waals surface area contributed by atoms with E-state index >= 15 is 0 Å². The summed E-state index contributed by atoms with van der Waals surface area (Å²) in [6, 6.07) is 0.823. The Bertz CT molecular complexity index is 159. The van der Waals surface area contributed by atoms with E-state index < -0.39 is 0 Å². The molecule has 0 aliphatic carbocycles. The molecule has 2 atom stereocenters. The lowest BCUT2D eigenvalue weighted by atomic mass is 10.1. The van der Waals surface area contributed by atoms with Gasteiger partial charge in [-0.25, -0.2) is 0 Å². The third kappa shape index (κ3) is 4.98. The summed E-state index contributed by atoms with van der Waals surface area (Å²) in [5.41, 5.74) is 5.47. The topological polar surface area (TPSA) is 29.3 Å². The minimum Gasteiger partial charge on any atom is -0.330 e. The van der Waals surface area contributed by atoms with Gasteiger partial charge in [-0.2, -0.15) is 0 Å². The van der Waals surface area contributed by atoms with E-state index in [0.717, 1.165) is 18.5 Å². The Hall–Kier alpha value is -0.0800. The predicted octanol–water partition coefficient (Wildman–Crippen LogP) is 2.63. The minimum atomic E-state index is 0.823. The Morgan fingerprint density at radius 3 is 2.33 bits per heavy atom. The summed E-state index contributed by atoms with van der Waals surface area (Å²) in [7, 11) is 0. The molecule has 1 fully saturated rings. The van der Waals surface area contributed by atoms with Crippen LogP contribution in [0, 0.1) is 5.92 Å². The fraction of sp³-hybridized carbons (Fsp3) is 1.00. The molecule has 0 radical (unpaired) electrons. The molecule has 0 aromatic carbocycles. The van der Waals surface area contributed by atoms with Crippen LogP contribution in [0.4, 0.5) is 0 Å². The molecule has 1 rings (SSSR count). The molecule has 2 heteroatoms. The van der Waals surface area contributed by atoms with Gasteiger partial charge in [0.05, 0.1) is 0 Å². The lowest BCUT2D eigenvalue weighted by molar-refractivity contribution is 0.258. The van der Waals surface area contributed by atoms with Crippen molar-refractivity contribution < 1.29 is 0 Å². The van der Waals surface area contributed by atoms with Crippen LogP contribution in [0.3, 0.4) is 0 Å². The number of hydrogen-bond acceptors (Lipinski definition) is 2. The molecule has 0 aromatic rings. The van der Waals surface area contributed by atoms with E-state index in [1.807, 2.05) is 0 Å². The Morgan fingerprint density at radius 1 is 1.07 bits per heavy atom. The number of unbranched alkanes of at least 4 members (excludes halogenated alkanes) is 4. The van der Waals surface area contributed by atoms with Crippen LogP contribution in [0.15, 0.2) is 0 Å². The highest BCUT2D eigenvalue weighted by Gasteiger charge is 2.24. The summed E-state index contributed by atoms with van der Waals surface area (Å²) in [4.78, 5) is 2.66. The zero-order valence-corrected chi connectivity index (χ0v) is 10.5. The van der Waals surface area contributed by atoms with E-state index in [1.165, 1.54) is 51.6 Å². The van der Waals surface area contributed by atoms with Gasteiger partial charge < -0.3 is 10.6 Å². The first-order valence-electron chi connectivity index (χ1n) is 6.68. The number of nitrogens with two attached hydrogens (primary N) is 1. The van der Waals surface area contributed by atoms with Gasteiger partial charge in [-0.15, -0.1) is 0 Å². The summed E-state index contributed by atoms with van der Waals surface area (Å²) < 4.78 is 0. The average Bonchev–Trinajstić information content (AvgIpc) is 2.51. The smallest absolute Gasteiger partial charge is 0.00700 e. The van der Waals surface area contributed by atoms with E-state index in [4.69, 9.17) is 5.73 Å².